The summed E-state index contributed by atoms with van der Waals surface area (Å²) >= 11 is 4.38. The standard InChI is InChI=1S/C10H23NS/c1-6-10(7-12)11(8(2)3)9(4)5/h8-10,12H,6-7H2,1-5H3. The molecule has 0 saturated heterocycles. The SMILES string of the molecule is CCC(CS)N(C(C)C)C(C)C. The van der Waals surface area contributed by atoms with E-state index in [-0.39, 0.29) is 0 Å². The van der Waals surface area contributed by atoms with Crippen LogP contribution in [0, 0.1) is 0 Å². The van der Waals surface area contributed by atoms with Gasteiger partial charge in [-0.2, -0.15) is 12.6 Å². The monoisotopic (exact) mass is 189 g/mol. The summed E-state index contributed by atoms with van der Waals surface area (Å²) in [6.45, 7) is 11.3. The molecule has 0 aromatic heterocycles. The second-order valence-electron chi connectivity index (χ2n) is 3.88. The van der Waals surface area contributed by atoms with Gasteiger partial charge in [0.05, 0.1) is 0 Å². The first-order valence-corrected chi connectivity index (χ1v) is 5.56. The molecule has 0 heterocycles. The van der Waals surface area contributed by atoms with E-state index in [0.717, 1.165) is 5.75 Å². The lowest BCUT2D eigenvalue weighted by Gasteiger charge is -2.37. The molecule has 0 N–H and O–H groups in total. The number of thiol groups is 1. The number of rotatable bonds is 5. The van der Waals surface area contributed by atoms with E-state index in [2.05, 4.69) is 52.1 Å². The van der Waals surface area contributed by atoms with Crippen LogP contribution >= 0.6 is 12.6 Å². The minimum atomic E-state index is 0.627. The summed E-state index contributed by atoms with van der Waals surface area (Å²) in [4.78, 5) is 2.53. The zero-order chi connectivity index (χ0) is 9.72. The third-order valence-electron chi connectivity index (χ3n) is 2.30. The summed E-state index contributed by atoms with van der Waals surface area (Å²) in [6, 6.07) is 1.89. The van der Waals surface area contributed by atoms with Crippen LogP contribution in [0.15, 0.2) is 0 Å². The van der Waals surface area contributed by atoms with Gasteiger partial charge in [0.25, 0.3) is 0 Å². The minimum absolute atomic E-state index is 0.627. The molecule has 0 radical (unpaired) electrons. The van der Waals surface area contributed by atoms with Gasteiger partial charge in [0, 0.05) is 23.9 Å². The highest BCUT2D eigenvalue weighted by atomic mass is 32.1. The number of hydrogen-bond donors (Lipinski definition) is 1. The first-order valence-electron chi connectivity index (χ1n) is 4.92. The van der Waals surface area contributed by atoms with Gasteiger partial charge in [-0.15, -0.1) is 0 Å². The van der Waals surface area contributed by atoms with Crippen molar-refractivity contribution in [3.8, 4) is 0 Å². The van der Waals surface area contributed by atoms with E-state index in [1.54, 1.807) is 0 Å². The normalized spacial score (nSPS) is 14.8. The van der Waals surface area contributed by atoms with Gasteiger partial charge in [-0.05, 0) is 34.1 Å². The first-order chi connectivity index (χ1) is 5.54. The zero-order valence-electron chi connectivity index (χ0n) is 9.04. The molecule has 1 atom stereocenters. The average Bonchev–Trinajstić information content (AvgIpc) is 1.98. The quantitative estimate of drug-likeness (QED) is 0.651. The first kappa shape index (κ1) is 12.3. The summed E-state index contributed by atoms with van der Waals surface area (Å²) < 4.78 is 0. The second-order valence-corrected chi connectivity index (χ2v) is 4.24. The van der Waals surface area contributed by atoms with E-state index in [1.807, 2.05) is 0 Å². The van der Waals surface area contributed by atoms with Crippen LogP contribution in [0.3, 0.4) is 0 Å². The molecular formula is C10H23NS. The molecule has 1 unspecified atom stereocenters. The molecule has 74 valence electrons. The number of nitrogens with zero attached hydrogens (tertiary/aromatic N) is 1. The van der Waals surface area contributed by atoms with Gasteiger partial charge < -0.3 is 0 Å². The molecule has 0 aliphatic carbocycles. The molecule has 0 aliphatic heterocycles. The Labute approximate surface area is 82.9 Å². The van der Waals surface area contributed by atoms with Crippen molar-refractivity contribution in [2.45, 2.75) is 59.2 Å². The van der Waals surface area contributed by atoms with Gasteiger partial charge >= 0.3 is 0 Å². The van der Waals surface area contributed by atoms with Crippen LogP contribution in [-0.4, -0.2) is 28.8 Å². The maximum absolute atomic E-state index is 4.38. The van der Waals surface area contributed by atoms with Gasteiger partial charge in [-0.3, -0.25) is 4.90 Å². The molecule has 2 heteroatoms. The summed E-state index contributed by atoms with van der Waals surface area (Å²) in [5.41, 5.74) is 0. The summed E-state index contributed by atoms with van der Waals surface area (Å²) in [7, 11) is 0. The third-order valence-corrected chi connectivity index (χ3v) is 2.72. The van der Waals surface area contributed by atoms with Crippen molar-refractivity contribution in [3.63, 3.8) is 0 Å². The van der Waals surface area contributed by atoms with Crippen LogP contribution in [0.25, 0.3) is 0 Å². The molecule has 0 aromatic rings. The lowest BCUT2D eigenvalue weighted by atomic mass is 10.1. The molecule has 0 spiro atoms. The van der Waals surface area contributed by atoms with Crippen molar-refractivity contribution < 1.29 is 0 Å². The molecule has 0 saturated carbocycles. The van der Waals surface area contributed by atoms with Crippen molar-refractivity contribution in [1.82, 2.24) is 4.90 Å². The van der Waals surface area contributed by atoms with Crippen molar-refractivity contribution >= 4 is 12.6 Å². The molecule has 0 aromatic carbocycles. The summed E-state index contributed by atoms with van der Waals surface area (Å²) in [5, 5.41) is 0. The van der Waals surface area contributed by atoms with Crippen LogP contribution in [-0.2, 0) is 0 Å². The fraction of sp³-hybridized carbons (Fsp3) is 1.00. The summed E-state index contributed by atoms with van der Waals surface area (Å²) in [6.07, 6.45) is 1.19. The highest BCUT2D eigenvalue weighted by Crippen LogP contribution is 2.14. The van der Waals surface area contributed by atoms with E-state index < -0.39 is 0 Å². The summed E-state index contributed by atoms with van der Waals surface area (Å²) in [5.74, 6) is 0.965. The maximum atomic E-state index is 4.38. The highest BCUT2D eigenvalue weighted by Gasteiger charge is 2.20. The van der Waals surface area contributed by atoms with Crippen molar-refractivity contribution in [2.24, 2.45) is 0 Å². The average molecular weight is 189 g/mol. The molecule has 12 heavy (non-hydrogen) atoms. The fourth-order valence-electron chi connectivity index (χ4n) is 1.87. The largest absolute Gasteiger partial charge is 0.295 e. The van der Waals surface area contributed by atoms with Crippen molar-refractivity contribution in [1.29, 1.82) is 0 Å². The van der Waals surface area contributed by atoms with Crippen LogP contribution < -0.4 is 0 Å². The molecule has 0 amide bonds. The fourth-order valence-corrected chi connectivity index (χ4v) is 2.32. The Bertz CT molecular complexity index is 100. The predicted octanol–water partition coefficient (Wildman–Crippen LogP) is 2.81. The Morgan fingerprint density at radius 3 is 1.58 bits per heavy atom. The Hall–Kier alpha value is 0.310. The van der Waals surface area contributed by atoms with Crippen molar-refractivity contribution in [3.05, 3.63) is 0 Å². The Kier molecular flexibility index (Phi) is 6.02. The molecular weight excluding hydrogens is 166 g/mol. The minimum Gasteiger partial charge on any atom is -0.295 e. The topological polar surface area (TPSA) is 3.24 Å². The van der Waals surface area contributed by atoms with Gasteiger partial charge in [-0.1, -0.05) is 6.92 Å². The van der Waals surface area contributed by atoms with Crippen LogP contribution in [0.2, 0.25) is 0 Å². The zero-order valence-corrected chi connectivity index (χ0v) is 9.94. The molecule has 0 fully saturated rings. The van der Waals surface area contributed by atoms with Crippen molar-refractivity contribution in [2.75, 3.05) is 5.75 Å². The Morgan fingerprint density at radius 2 is 1.50 bits per heavy atom. The number of hydrogen-bond acceptors (Lipinski definition) is 2. The Morgan fingerprint density at radius 1 is 1.08 bits per heavy atom. The van der Waals surface area contributed by atoms with Gasteiger partial charge in [0.1, 0.15) is 0 Å². The van der Waals surface area contributed by atoms with Crippen LogP contribution in [0.4, 0.5) is 0 Å². The maximum Gasteiger partial charge on any atom is 0.0186 e. The van der Waals surface area contributed by atoms with E-state index in [1.165, 1.54) is 6.42 Å². The van der Waals surface area contributed by atoms with Gasteiger partial charge in [0.15, 0.2) is 0 Å². The Balaban J connectivity index is 4.26. The van der Waals surface area contributed by atoms with E-state index in [4.69, 9.17) is 0 Å². The molecule has 0 bridgehead atoms. The van der Waals surface area contributed by atoms with E-state index >= 15 is 0 Å². The second kappa shape index (κ2) is 5.87. The highest BCUT2D eigenvalue weighted by molar-refractivity contribution is 7.80. The molecule has 0 aliphatic rings. The molecule has 1 nitrogen and oxygen atoms in total. The van der Waals surface area contributed by atoms with Gasteiger partial charge in [0.2, 0.25) is 0 Å². The lowest BCUT2D eigenvalue weighted by molar-refractivity contribution is 0.122. The van der Waals surface area contributed by atoms with E-state index in [9.17, 15) is 0 Å². The van der Waals surface area contributed by atoms with Gasteiger partial charge in [-0.25, -0.2) is 0 Å². The van der Waals surface area contributed by atoms with Crippen LogP contribution in [0.1, 0.15) is 41.0 Å². The predicted molar refractivity (Wildman–Crippen MR) is 60.0 cm³/mol. The molecule has 0 rings (SSSR count). The third kappa shape index (κ3) is 3.36. The van der Waals surface area contributed by atoms with E-state index in [0.29, 0.717) is 18.1 Å². The smallest absolute Gasteiger partial charge is 0.0186 e. The lowest BCUT2D eigenvalue weighted by Crippen LogP contribution is -2.45. The van der Waals surface area contributed by atoms with Crippen LogP contribution in [0.5, 0.6) is 0 Å².